The fraction of sp³-hybridized carbons (Fsp3) is 0.714. The summed E-state index contributed by atoms with van der Waals surface area (Å²) in [4.78, 5) is 15.1. The second-order valence-electron chi connectivity index (χ2n) is 6.33. The highest BCUT2D eigenvalue weighted by Crippen LogP contribution is 2.60. The minimum atomic E-state index is -0.951. The lowest BCUT2D eigenvalue weighted by Crippen LogP contribution is -2.44. The van der Waals surface area contributed by atoms with Gasteiger partial charge in [0.25, 0.3) is 0 Å². The molecule has 5 rings (SSSR count). The van der Waals surface area contributed by atoms with Crippen molar-refractivity contribution in [2.24, 2.45) is 23.7 Å². The molecule has 4 saturated carbocycles. The van der Waals surface area contributed by atoms with Crippen molar-refractivity contribution < 1.29 is 14.3 Å². The Morgan fingerprint density at radius 3 is 2.33 bits per heavy atom. The van der Waals surface area contributed by atoms with Gasteiger partial charge in [0, 0.05) is 5.92 Å². The van der Waals surface area contributed by atoms with Crippen molar-refractivity contribution in [1.82, 2.24) is 4.98 Å². The average Bonchev–Trinajstić information content (AvgIpc) is 2.76. The molecule has 0 atom stereocenters. The van der Waals surface area contributed by atoms with Gasteiger partial charge in [0.05, 0.1) is 0 Å². The van der Waals surface area contributed by atoms with Crippen LogP contribution in [-0.2, 0) is 0 Å². The topological polar surface area (TPSA) is 63.3 Å². The third-order valence-corrected chi connectivity index (χ3v) is 5.33. The van der Waals surface area contributed by atoms with E-state index in [9.17, 15) is 9.90 Å². The minimum Gasteiger partial charge on any atom is -0.476 e. The first-order chi connectivity index (χ1) is 8.72. The number of hydrogen-bond acceptors (Lipinski definition) is 3. The molecule has 0 spiro atoms. The van der Waals surface area contributed by atoms with Crippen molar-refractivity contribution >= 4 is 5.97 Å². The van der Waals surface area contributed by atoms with Gasteiger partial charge in [0.15, 0.2) is 12.1 Å². The fourth-order valence-electron chi connectivity index (χ4n) is 5.01. The fourth-order valence-corrected chi connectivity index (χ4v) is 5.01. The van der Waals surface area contributed by atoms with Gasteiger partial charge in [-0.05, 0) is 55.8 Å². The van der Waals surface area contributed by atoms with Gasteiger partial charge in [-0.15, -0.1) is 0 Å². The first kappa shape index (κ1) is 10.6. The summed E-state index contributed by atoms with van der Waals surface area (Å²) in [6.45, 7) is 0. The van der Waals surface area contributed by atoms with E-state index in [1.807, 2.05) is 0 Å². The highest BCUT2D eigenvalue weighted by atomic mass is 16.4. The van der Waals surface area contributed by atoms with Crippen molar-refractivity contribution in [3.63, 3.8) is 0 Å². The van der Waals surface area contributed by atoms with Gasteiger partial charge in [-0.1, -0.05) is 0 Å². The Morgan fingerprint density at radius 2 is 1.78 bits per heavy atom. The molecular weight excluding hydrogens is 230 g/mol. The number of oxazole rings is 1. The molecule has 0 amide bonds. The number of carbonyl (C=O) groups is 1. The Hall–Kier alpha value is -1.32. The Balaban J connectivity index is 1.72. The number of hydrogen-bond donors (Lipinski definition) is 1. The lowest BCUT2D eigenvalue weighted by atomic mass is 9.51. The molecule has 18 heavy (non-hydrogen) atoms. The molecule has 1 N–H and O–H groups in total. The van der Waals surface area contributed by atoms with E-state index in [1.54, 1.807) is 0 Å². The first-order valence-corrected chi connectivity index (χ1v) is 6.89. The van der Waals surface area contributed by atoms with Crippen LogP contribution in [0.1, 0.15) is 54.3 Å². The smallest absolute Gasteiger partial charge is 0.358 e. The molecule has 0 aliphatic heterocycles. The van der Waals surface area contributed by atoms with Crippen LogP contribution < -0.4 is 0 Å². The Morgan fingerprint density at radius 1 is 1.17 bits per heavy atom. The first-order valence-electron chi connectivity index (χ1n) is 6.89. The summed E-state index contributed by atoms with van der Waals surface area (Å²) in [7, 11) is 0. The normalized spacial score (nSPS) is 41.2. The summed E-state index contributed by atoms with van der Waals surface area (Å²) in [5.74, 6) is 3.05. The zero-order valence-corrected chi connectivity index (χ0v) is 10.2. The van der Waals surface area contributed by atoms with E-state index in [2.05, 4.69) is 4.98 Å². The summed E-state index contributed by atoms with van der Waals surface area (Å²) < 4.78 is 5.46. The summed E-state index contributed by atoms with van der Waals surface area (Å²) >= 11 is 0. The number of carboxylic acid groups (broad SMARTS) is 1. The van der Waals surface area contributed by atoms with Crippen LogP contribution in [0, 0.1) is 23.7 Å². The van der Waals surface area contributed by atoms with Crippen LogP contribution in [0.2, 0.25) is 0 Å². The number of rotatable bonds is 2. The molecule has 4 aliphatic carbocycles. The van der Waals surface area contributed by atoms with Crippen LogP contribution in [0.15, 0.2) is 10.8 Å². The molecule has 1 aromatic rings. The molecule has 4 aliphatic rings. The van der Waals surface area contributed by atoms with Gasteiger partial charge in [0.2, 0.25) is 0 Å². The maximum absolute atomic E-state index is 11.2. The average molecular weight is 247 g/mol. The second kappa shape index (κ2) is 3.59. The molecule has 0 saturated heterocycles. The van der Waals surface area contributed by atoms with Crippen molar-refractivity contribution in [3.05, 3.63) is 17.8 Å². The van der Waals surface area contributed by atoms with Crippen molar-refractivity contribution in [2.75, 3.05) is 0 Å². The van der Waals surface area contributed by atoms with E-state index in [4.69, 9.17) is 4.42 Å². The number of aromatic carboxylic acids is 1. The monoisotopic (exact) mass is 247 g/mol. The molecule has 1 aromatic heterocycles. The van der Waals surface area contributed by atoms with Crippen LogP contribution in [-0.4, -0.2) is 16.1 Å². The van der Waals surface area contributed by atoms with Gasteiger partial charge in [-0.25, -0.2) is 9.78 Å². The zero-order chi connectivity index (χ0) is 12.3. The predicted molar refractivity (Wildman–Crippen MR) is 63.2 cm³/mol. The van der Waals surface area contributed by atoms with Crippen LogP contribution in [0.25, 0.3) is 0 Å². The molecule has 0 radical (unpaired) electrons. The van der Waals surface area contributed by atoms with E-state index in [0.29, 0.717) is 23.5 Å². The van der Waals surface area contributed by atoms with Crippen molar-refractivity contribution in [3.8, 4) is 0 Å². The largest absolute Gasteiger partial charge is 0.476 e. The third-order valence-electron chi connectivity index (χ3n) is 5.33. The summed E-state index contributed by atoms with van der Waals surface area (Å²) in [5.41, 5.74) is 0.146. The Labute approximate surface area is 105 Å². The molecule has 4 bridgehead atoms. The highest BCUT2D eigenvalue weighted by Gasteiger charge is 2.50. The molecule has 4 heteroatoms. The minimum absolute atomic E-state index is 0.146. The van der Waals surface area contributed by atoms with Crippen LogP contribution in [0.4, 0.5) is 0 Å². The lowest BCUT2D eigenvalue weighted by Gasteiger charge is -2.53. The quantitative estimate of drug-likeness (QED) is 0.872. The summed E-state index contributed by atoms with van der Waals surface area (Å²) in [6, 6.07) is 0. The van der Waals surface area contributed by atoms with E-state index in [1.165, 1.54) is 38.5 Å². The molecule has 96 valence electrons. The SMILES string of the molecule is O=C(O)c1ncoc1C1C2CC3CC(C2)CC1C3. The Bertz CT molecular complexity index is 465. The summed E-state index contributed by atoms with van der Waals surface area (Å²) in [5, 5.41) is 9.19. The number of nitrogens with zero attached hydrogens (tertiary/aromatic N) is 1. The predicted octanol–water partition coefficient (Wildman–Crippen LogP) is 2.91. The maximum Gasteiger partial charge on any atom is 0.358 e. The number of aromatic nitrogens is 1. The van der Waals surface area contributed by atoms with Gasteiger partial charge in [-0.2, -0.15) is 0 Å². The molecule has 4 nitrogen and oxygen atoms in total. The van der Waals surface area contributed by atoms with Crippen LogP contribution in [0.3, 0.4) is 0 Å². The van der Waals surface area contributed by atoms with E-state index in [0.717, 1.165) is 11.8 Å². The molecule has 4 fully saturated rings. The second-order valence-corrected chi connectivity index (χ2v) is 6.33. The lowest BCUT2D eigenvalue weighted by molar-refractivity contribution is -0.0101. The third kappa shape index (κ3) is 1.38. The van der Waals surface area contributed by atoms with Gasteiger partial charge < -0.3 is 9.52 Å². The molecule has 0 aromatic carbocycles. The number of carboxylic acids is 1. The van der Waals surface area contributed by atoms with E-state index >= 15 is 0 Å². The maximum atomic E-state index is 11.2. The molecule has 1 heterocycles. The Kier molecular flexibility index (Phi) is 2.11. The summed E-state index contributed by atoms with van der Waals surface area (Å²) in [6.07, 6.45) is 7.75. The van der Waals surface area contributed by atoms with E-state index < -0.39 is 5.97 Å². The van der Waals surface area contributed by atoms with Gasteiger partial charge in [0.1, 0.15) is 5.76 Å². The van der Waals surface area contributed by atoms with E-state index in [-0.39, 0.29) is 5.69 Å². The molecule has 0 unspecified atom stereocenters. The standard InChI is InChI=1S/C14H17NO3/c16-14(17)12-13(18-6-15-12)11-9-2-7-1-8(4-9)5-10(11)3-7/h6-11H,1-5H2,(H,16,17). The van der Waals surface area contributed by atoms with Crippen molar-refractivity contribution in [1.29, 1.82) is 0 Å². The van der Waals surface area contributed by atoms with Crippen LogP contribution >= 0.6 is 0 Å². The van der Waals surface area contributed by atoms with Gasteiger partial charge >= 0.3 is 5.97 Å². The van der Waals surface area contributed by atoms with Gasteiger partial charge in [-0.3, -0.25) is 0 Å². The highest BCUT2D eigenvalue weighted by molar-refractivity contribution is 5.86. The van der Waals surface area contributed by atoms with Crippen molar-refractivity contribution in [2.45, 2.75) is 38.0 Å². The van der Waals surface area contributed by atoms with Crippen LogP contribution in [0.5, 0.6) is 0 Å². The molecular formula is C14H17NO3. The zero-order valence-electron chi connectivity index (χ0n) is 10.2.